The Balaban J connectivity index is 1.19. The second-order valence-electron chi connectivity index (χ2n) is 11.5. The number of amides is 3. The highest BCUT2D eigenvalue weighted by Gasteiger charge is 2.41. The molecule has 2 N–H and O–H groups in total. The Labute approximate surface area is 274 Å². The van der Waals surface area contributed by atoms with Crippen molar-refractivity contribution in [2.24, 2.45) is 0 Å². The normalized spacial score (nSPS) is 16.2. The predicted octanol–water partition coefficient (Wildman–Crippen LogP) is 4.47. The largest absolute Gasteiger partial charge is 0.496 e. The Morgan fingerprint density at radius 3 is 2.57 bits per heavy atom. The third-order valence-electron chi connectivity index (χ3n) is 8.01. The van der Waals surface area contributed by atoms with Crippen LogP contribution in [-0.4, -0.2) is 68.1 Å². The van der Waals surface area contributed by atoms with Gasteiger partial charge in [0, 0.05) is 55.3 Å². The standard InChI is InChI=1S/C35H41ClN4O6/c1-24(41)38-19-25-8-15-31(36)27(18-25)22-39(28-9-10-28)35(43)32-20-37-21-34(42)40(32)29-11-13-30(14-12-29)46-17-5-16-45-23-26-6-3-4-7-33(26)44-2/h3-4,6-8,11-15,18,28,32,37H,5,9-10,16-17,19-23H2,1-2H3,(H,38,41)/t32-/m1/s1. The van der Waals surface area contributed by atoms with Crippen LogP contribution < -0.4 is 25.0 Å². The fourth-order valence-electron chi connectivity index (χ4n) is 5.48. The molecule has 0 unspecified atom stereocenters. The molecule has 1 aliphatic heterocycles. The number of hydrogen-bond acceptors (Lipinski definition) is 7. The van der Waals surface area contributed by atoms with Gasteiger partial charge in [0.1, 0.15) is 17.5 Å². The number of carbonyl (C=O) groups excluding carboxylic acids is 3. The van der Waals surface area contributed by atoms with Gasteiger partial charge in [-0.25, -0.2) is 0 Å². The van der Waals surface area contributed by atoms with Gasteiger partial charge in [-0.2, -0.15) is 0 Å². The molecule has 2 fully saturated rings. The number of piperazine rings is 1. The van der Waals surface area contributed by atoms with Crippen molar-refractivity contribution in [1.29, 1.82) is 0 Å². The van der Waals surface area contributed by atoms with Gasteiger partial charge in [-0.15, -0.1) is 0 Å². The van der Waals surface area contributed by atoms with E-state index in [1.165, 1.54) is 6.92 Å². The summed E-state index contributed by atoms with van der Waals surface area (Å²) in [6.45, 7) is 4.15. The highest BCUT2D eigenvalue weighted by molar-refractivity contribution is 6.31. The van der Waals surface area contributed by atoms with Crippen LogP contribution >= 0.6 is 11.6 Å². The molecule has 3 aromatic rings. The van der Waals surface area contributed by atoms with Gasteiger partial charge in [0.05, 0.1) is 33.5 Å². The second kappa shape index (κ2) is 15.9. The average molecular weight is 649 g/mol. The maximum Gasteiger partial charge on any atom is 0.247 e. The Morgan fingerprint density at radius 1 is 1.04 bits per heavy atom. The van der Waals surface area contributed by atoms with E-state index in [1.807, 2.05) is 65.6 Å². The molecule has 2 aliphatic rings. The first-order valence-corrected chi connectivity index (χ1v) is 16.0. The van der Waals surface area contributed by atoms with Gasteiger partial charge in [-0.05, 0) is 60.4 Å². The van der Waals surface area contributed by atoms with Crippen molar-refractivity contribution in [1.82, 2.24) is 15.5 Å². The average Bonchev–Trinajstić information content (AvgIpc) is 3.91. The molecular formula is C35H41ClN4O6. The number of para-hydroxylation sites is 1. The molecule has 10 nitrogen and oxygen atoms in total. The van der Waals surface area contributed by atoms with Crippen LogP contribution in [0.4, 0.5) is 5.69 Å². The fourth-order valence-corrected chi connectivity index (χ4v) is 5.66. The van der Waals surface area contributed by atoms with Gasteiger partial charge in [0.15, 0.2) is 0 Å². The maximum atomic E-state index is 14.1. The minimum atomic E-state index is -0.699. The molecule has 0 aromatic heterocycles. The van der Waals surface area contributed by atoms with E-state index in [-0.39, 0.29) is 30.3 Å². The van der Waals surface area contributed by atoms with Crippen molar-refractivity contribution in [3.63, 3.8) is 0 Å². The second-order valence-corrected chi connectivity index (χ2v) is 11.9. The lowest BCUT2D eigenvalue weighted by Crippen LogP contribution is -2.61. The molecule has 5 rings (SSSR count). The monoisotopic (exact) mass is 648 g/mol. The van der Waals surface area contributed by atoms with E-state index in [4.69, 9.17) is 25.8 Å². The minimum absolute atomic E-state index is 0.0934. The van der Waals surface area contributed by atoms with Gasteiger partial charge in [-0.3, -0.25) is 19.3 Å². The van der Waals surface area contributed by atoms with Crippen LogP contribution in [0.2, 0.25) is 5.02 Å². The van der Waals surface area contributed by atoms with Crippen LogP contribution in [-0.2, 0) is 38.8 Å². The lowest BCUT2D eigenvalue weighted by Gasteiger charge is -2.38. The van der Waals surface area contributed by atoms with Crippen LogP contribution in [0.3, 0.4) is 0 Å². The van der Waals surface area contributed by atoms with E-state index < -0.39 is 6.04 Å². The van der Waals surface area contributed by atoms with E-state index in [9.17, 15) is 14.4 Å². The van der Waals surface area contributed by atoms with Gasteiger partial charge >= 0.3 is 0 Å². The first-order valence-electron chi connectivity index (χ1n) is 15.6. The number of hydrogen-bond donors (Lipinski definition) is 2. The summed E-state index contributed by atoms with van der Waals surface area (Å²) in [5, 5.41) is 6.47. The van der Waals surface area contributed by atoms with Gasteiger partial charge in [-0.1, -0.05) is 41.9 Å². The number of benzene rings is 3. The third-order valence-corrected chi connectivity index (χ3v) is 8.38. The molecule has 11 heteroatoms. The van der Waals surface area contributed by atoms with Crippen molar-refractivity contribution >= 4 is 35.0 Å². The number of nitrogens with one attached hydrogen (secondary N) is 2. The zero-order chi connectivity index (χ0) is 32.5. The van der Waals surface area contributed by atoms with Crippen LogP contribution in [0.5, 0.6) is 11.5 Å². The molecular weight excluding hydrogens is 608 g/mol. The molecule has 1 saturated carbocycles. The molecule has 0 spiro atoms. The van der Waals surface area contributed by atoms with Crippen molar-refractivity contribution in [2.45, 2.75) is 58.0 Å². The summed E-state index contributed by atoms with van der Waals surface area (Å²) in [6, 6.07) is 20.0. The van der Waals surface area contributed by atoms with E-state index in [2.05, 4.69) is 10.6 Å². The van der Waals surface area contributed by atoms with Crippen molar-refractivity contribution < 1.29 is 28.6 Å². The summed E-state index contributed by atoms with van der Waals surface area (Å²) in [5.74, 6) is 1.07. The van der Waals surface area contributed by atoms with E-state index in [1.54, 1.807) is 18.1 Å². The van der Waals surface area contributed by atoms with Gasteiger partial charge < -0.3 is 29.7 Å². The van der Waals surface area contributed by atoms with E-state index in [0.717, 1.165) is 35.3 Å². The van der Waals surface area contributed by atoms with Crippen LogP contribution in [0, 0.1) is 0 Å². The SMILES string of the molecule is COc1ccccc1COCCCOc1ccc(N2C(=O)CNC[C@@H]2C(=O)N(Cc2cc(CNC(C)=O)ccc2Cl)C2CC2)cc1. The lowest BCUT2D eigenvalue weighted by atomic mass is 10.1. The number of ether oxygens (including phenoxy) is 3. The topological polar surface area (TPSA) is 109 Å². The predicted molar refractivity (Wildman–Crippen MR) is 176 cm³/mol. The third kappa shape index (κ3) is 8.78. The molecule has 1 aliphatic carbocycles. The van der Waals surface area contributed by atoms with Gasteiger partial charge in [0.25, 0.3) is 0 Å². The molecule has 3 aromatic carbocycles. The number of rotatable bonds is 15. The fraction of sp³-hybridized carbons (Fsp3) is 0.400. The number of carbonyl (C=O) groups is 3. The molecule has 46 heavy (non-hydrogen) atoms. The number of nitrogens with zero attached hydrogens (tertiary/aromatic N) is 2. The van der Waals surface area contributed by atoms with Crippen LogP contribution in [0.25, 0.3) is 0 Å². The summed E-state index contributed by atoms with van der Waals surface area (Å²) in [6.07, 6.45) is 2.52. The number of halogens is 1. The zero-order valence-corrected chi connectivity index (χ0v) is 27.1. The smallest absolute Gasteiger partial charge is 0.247 e. The Bertz CT molecular complexity index is 1510. The molecule has 0 bridgehead atoms. The molecule has 3 amide bonds. The van der Waals surface area contributed by atoms with Crippen LogP contribution in [0.15, 0.2) is 66.7 Å². The Kier molecular flexibility index (Phi) is 11.5. The van der Waals surface area contributed by atoms with Crippen molar-refractivity contribution in [3.05, 3.63) is 88.4 Å². The molecule has 1 saturated heterocycles. The Hall–Kier alpha value is -4.12. The van der Waals surface area contributed by atoms with Crippen LogP contribution in [0.1, 0.15) is 42.9 Å². The maximum absolute atomic E-state index is 14.1. The highest BCUT2D eigenvalue weighted by atomic mass is 35.5. The van der Waals surface area contributed by atoms with Gasteiger partial charge in [0.2, 0.25) is 17.7 Å². The first kappa shape index (κ1) is 33.2. The van der Waals surface area contributed by atoms with Crippen molar-refractivity contribution in [2.75, 3.05) is 38.3 Å². The molecule has 1 atom stereocenters. The molecule has 244 valence electrons. The Morgan fingerprint density at radius 2 is 1.83 bits per heavy atom. The summed E-state index contributed by atoms with van der Waals surface area (Å²) < 4.78 is 17.1. The van der Waals surface area contributed by atoms with E-state index in [0.29, 0.717) is 62.3 Å². The molecule has 1 heterocycles. The molecule has 0 radical (unpaired) electrons. The van der Waals surface area contributed by atoms with Crippen molar-refractivity contribution in [3.8, 4) is 11.5 Å². The zero-order valence-electron chi connectivity index (χ0n) is 26.3. The van der Waals surface area contributed by atoms with E-state index >= 15 is 0 Å². The first-order chi connectivity index (χ1) is 22.3. The quantitative estimate of drug-likeness (QED) is 0.234. The lowest BCUT2D eigenvalue weighted by molar-refractivity contribution is -0.136. The summed E-state index contributed by atoms with van der Waals surface area (Å²) in [7, 11) is 1.65. The highest BCUT2D eigenvalue weighted by Crippen LogP contribution is 2.33. The summed E-state index contributed by atoms with van der Waals surface area (Å²) >= 11 is 6.55. The summed E-state index contributed by atoms with van der Waals surface area (Å²) in [5.41, 5.74) is 3.34. The number of methoxy groups -OCH3 is 1. The summed E-state index contributed by atoms with van der Waals surface area (Å²) in [4.78, 5) is 42.1. The minimum Gasteiger partial charge on any atom is -0.496 e. The number of anilines is 1.